The van der Waals surface area contributed by atoms with E-state index in [0.717, 1.165) is 32.0 Å². The molecule has 0 aromatic heterocycles. The van der Waals surface area contributed by atoms with Gasteiger partial charge in [0.2, 0.25) is 0 Å². The molecule has 3 rings (SSSR count). The van der Waals surface area contributed by atoms with Crippen molar-refractivity contribution in [1.29, 1.82) is 0 Å². The van der Waals surface area contributed by atoms with Gasteiger partial charge in [-0.05, 0) is 25.0 Å². The molecule has 1 N–H and O–H groups in total. The summed E-state index contributed by atoms with van der Waals surface area (Å²) in [5, 5.41) is 3.51. The lowest BCUT2D eigenvalue weighted by Crippen LogP contribution is -2.59. The van der Waals surface area contributed by atoms with E-state index < -0.39 is 11.6 Å². The molecule has 2 fully saturated rings. The summed E-state index contributed by atoms with van der Waals surface area (Å²) in [5.41, 5.74) is 0.551. The van der Waals surface area contributed by atoms with Crippen LogP contribution in [0, 0.1) is 11.6 Å². The third-order valence-corrected chi connectivity index (χ3v) is 4.11. The Hall–Kier alpha value is -1.16. The van der Waals surface area contributed by atoms with Crippen LogP contribution in [0.2, 0.25) is 0 Å². The summed E-state index contributed by atoms with van der Waals surface area (Å²) in [6.45, 7) is 1.67. The Morgan fingerprint density at radius 2 is 2.00 bits per heavy atom. The first kappa shape index (κ1) is 11.9. The average molecular weight is 252 g/mol. The lowest BCUT2D eigenvalue weighted by atomic mass is 9.87. The van der Waals surface area contributed by atoms with Crippen molar-refractivity contribution in [3.63, 3.8) is 0 Å². The van der Waals surface area contributed by atoms with E-state index in [1.165, 1.54) is 18.9 Å². The molecule has 1 aliphatic carbocycles. The minimum absolute atomic E-state index is 0.354. The predicted molar refractivity (Wildman–Crippen MR) is 67.8 cm³/mol. The van der Waals surface area contributed by atoms with Gasteiger partial charge in [-0.25, -0.2) is 8.78 Å². The molecule has 18 heavy (non-hydrogen) atoms. The number of hydrogen-bond donors (Lipinski definition) is 1. The smallest absolute Gasteiger partial charge is 0.149 e. The van der Waals surface area contributed by atoms with Crippen LogP contribution < -0.4 is 10.2 Å². The van der Waals surface area contributed by atoms with Crippen LogP contribution in [0.3, 0.4) is 0 Å². The van der Waals surface area contributed by atoms with Crippen molar-refractivity contribution < 1.29 is 8.78 Å². The minimum Gasteiger partial charge on any atom is -0.363 e. The van der Waals surface area contributed by atoms with Crippen molar-refractivity contribution >= 4 is 5.69 Å². The van der Waals surface area contributed by atoms with Gasteiger partial charge in [0, 0.05) is 31.2 Å². The Bertz CT molecular complexity index is 434. The van der Waals surface area contributed by atoms with Gasteiger partial charge >= 0.3 is 0 Å². The normalized spacial score (nSPS) is 28.0. The van der Waals surface area contributed by atoms with E-state index in [0.29, 0.717) is 17.8 Å². The number of hydrogen-bond acceptors (Lipinski definition) is 2. The molecule has 1 saturated heterocycles. The average Bonchev–Trinajstić information content (AvgIpc) is 2.38. The van der Waals surface area contributed by atoms with Crippen molar-refractivity contribution in [1.82, 2.24) is 5.32 Å². The summed E-state index contributed by atoms with van der Waals surface area (Å²) in [4.78, 5) is 2.12. The summed E-state index contributed by atoms with van der Waals surface area (Å²) in [7, 11) is 0. The van der Waals surface area contributed by atoms with E-state index in [4.69, 9.17) is 0 Å². The maximum Gasteiger partial charge on any atom is 0.149 e. The van der Waals surface area contributed by atoms with Gasteiger partial charge in [0.1, 0.15) is 11.6 Å². The van der Waals surface area contributed by atoms with Gasteiger partial charge in [0.25, 0.3) is 0 Å². The van der Waals surface area contributed by atoms with Gasteiger partial charge in [-0.2, -0.15) is 0 Å². The van der Waals surface area contributed by atoms with E-state index in [-0.39, 0.29) is 0 Å². The second-order valence-corrected chi connectivity index (χ2v) is 5.20. The molecule has 0 bridgehead atoms. The molecule has 1 aromatic carbocycles. The molecule has 2 aliphatic rings. The molecule has 98 valence electrons. The van der Waals surface area contributed by atoms with Crippen LogP contribution in [0.25, 0.3) is 0 Å². The number of halogens is 2. The molecule has 1 aromatic rings. The van der Waals surface area contributed by atoms with E-state index in [2.05, 4.69) is 10.2 Å². The van der Waals surface area contributed by atoms with Crippen molar-refractivity contribution in [2.75, 3.05) is 18.0 Å². The molecular formula is C14H18F2N2. The van der Waals surface area contributed by atoms with Crippen LogP contribution in [0.1, 0.15) is 25.7 Å². The van der Waals surface area contributed by atoms with Crippen molar-refractivity contribution in [2.45, 2.75) is 37.8 Å². The maximum absolute atomic E-state index is 13.9. The fraction of sp³-hybridized carbons (Fsp3) is 0.571. The number of anilines is 1. The molecule has 0 spiro atoms. The van der Waals surface area contributed by atoms with E-state index in [9.17, 15) is 8.78 Å². The Kier molecular flexibility index (Phi) is 3.20. The predicted octanol–water partition coefficient (Wildman–Crippen LogP) is 2.69. The first-order valence-corrected chi connectivity index (χ1v) is 6.71. The van der Waals surface area contributed by atoms with Crippen LogP contribution in [0.4, 0.5) is 14.5 Å². The zero-order valence-corrected chi connectivity index (χ0v) is 10.3. The Morgan fingerprint density at radius 1 is 1.17 bits per heavy atom. The fourth-order valence-corrected chi connectivity index (χ4v) is 3.27. The highest BCUT2D eigenvalue weighted by Gasteiger charge is 2.34. The second kappa shape index (κ2) is 4.84. The van der Waals surface area contributed by atoms with Crippen molar-refractivity contribution in [3.8, 4) is 0 Å². The third kappa shape index (κ3) is 2.09. The second-order valence-electron chi connectivity index (χ2n) is 5.20. The lowest BCUT2D eigenvalue weighted by Gasteiger charge is -2.46. The van der Waals surface area contributed by atoms with Crippen LogP contribution in [-0.2, 0) is 0 Å². The van der Waals surface area contributed by atoms with Gasteiger partial charge in [-0.1, -0.05) is 12.8 Å². The topological polar surface area (TPSA) is 15.3 Å². The maximum atomic E-state index is 13.9. The monoisotopic (exact) mass is 252 g/mol. The van der Waals surface area contributed by atoms with Gasteiger partial charge in [-0.3, -0.25) is 0 Å². The Morgan fingerprint density at radius 3 is 2.83 bits per heavy atom. The molecule has 1 heterocycles. The lowest BCUT2D eigenvalue weighted by molar-refractivity contribution is 0.282. The summed E-state index contributed by atoms with van der Waals surface area (Å²) in [5.74, 6) is -0.951. The molecule has 1 aliphatic heterocycles. The first-order valence-electron chi connectivity index (χ1n) is 6.71. The summed E-state index contributed by atoms with van der Waals surface area (Å²) in [6.07, 6.45) is 4.69. The summed E-state index contributed by atoms with van der Waals surface area (Å²) in [6, 6.07) is 4.71. The van der Waals surface area contributed by atoms with Crippen LogP contribution in [0.5, 0.6) is 0 Å². The highest BCUT2D eigenvalue weighted by Crippen LogP contribution is 2.31. The third-order valence-electron chi connectivity index (χ3n) is 4.11. The van der Waals surface area contributed by atoms with Gasteiger partial charge in [-0.15, -0.1) is 0 Å². The van der Waals surface area contributed by atoms with Crippen molar-refractivity contribution in [2.24, 2.45) is 0 Å². The molecule has 2 atom stereocenters. The molecule has 1 saturated carbocycles. The highest BCUT2D eigenvalue weighted by atomic mass is 19.1. The van der Waals surface area contributed by atoms with Gasteiger partial charge in [0.05, 0.1) is 5.69 Å². The number of fused-ring (bicyclic) bond motifs is 1. The largest absolute Gasteiger partial charge is 0.363 e. The van der Waals surface area contributed by atoms with Crippen LogP contribution in [0.15, 0.2) is 18.2 Å². The molecule has 2 nitrogen and oxygen atoms in total. The zero-order chi connectivity index (χ0) is 12.5. The van der Waals surface area contributed by atoms with Gasteiger partial charge in [0.15, 0.2) is 0 Å². The summed E-state index contributed by atoms with van der Waals surface area (Å²) >= 11 is 0. The Balaban J connectivity index is 1.89. The summed E-state index contributed by atoms with van der Waals surface area (Å²) < 4.78 is 26.9. The minimum atomic E-state index is -0.508. The van der Waals surface area contributed by atoms with E-state index in [1.54, 1.807) is 6.07 Å². The first-order chi connectivity index (χ1) is 8.75. The van der Waals surface area contributed by atoms with Gasteiger partial charge < -0.3 is 10.2 Å². The SMILES string of the molecule is Fc1ccc(N2CCN[C@H]3CCCC[C@H]32)c(F)c1. The highest BCUT2D eigenvalue weighted by molar-refractivity contribution is 5.50. The standard InChI is InChI=1S/C14H18F2N2/c15-10-5-6-13(11(16)9-10)18-8-7-17-12-3-1-2-4-14(12)18/h5-6,9,12,14,17H,1-4,7-8H2/t12-,14+/m0/s1. The van der Waals surface area contributed by atoms with E-state index >= 15 is 0 Å². The fourth-order valence-electron chi connectivity index (χ4n) is 3.27. The number of benzene rings is 1. The molecular weight excluding hydrogens is 234 g/mol. The van der Waals surface area contributed by atoms with E-state index in [1.807, 2.05) is 0 Å². The quantitative estimate of drug-likeness (QED) is 0.826. The molecule has 0 amide bonds. The molecule has 0 radical (unpaired) electrons. The molecule has 0 unspecified atom stereocenters. The Labute approximate surface area is 106 Å². The van der Waals surface area contributed by atoms with Crippen molar-refractivity contribution in [3.05, 3.63) is 29.8 Å². The zero-order valence-electron chi connectivity index (χ0n) is 10.3. The number of rotatable bonds is 1. The van der Waals surface area contributed by atoms with Crippen LogP contribution in [-0.4, -0.2) is 25.2 Å². The number of nitrogens with one attached hydrogen (secondary N) is 1. The molecule has 4 heteroatoms. The number of piperazine rings is 1. The number of nitrogens with zero attached hydrogens (tertiary/aromatic N) is 1. The van der Waals surface area contributed by atoms with Crippen LogP contribution >= 0.6 is 0 Å².